The molecule has 1 aliphatic rings. The van der Waals surface area contributed by atoms with Crippen molar-refractivity contribution in [2.75, 3.05) is 6.54 Å². The predicted octanol–water partition coefficient (Wildman–Crippen LogP) is 5.04. The number of carbonyl (C=O) groups is 1. The number of fused-ring (bicyclic) bond motifs is 4. The minimum absolute atomic E-state index is 0.205. The van der Waals surface area contributed by atoms with E-state index in [9.17, 15) is 9.18 Å². The van der Waals surface area contributed by atoms with Crippen molar-refractivity contribution in [3.05, 3.63) is 107 Å². The largest absolute Gasteiger partial charge is 0.356 e. The van der Waals surface area contributed by atoms with Gasteiger partial charge in [-0.25, -0.2) is 9.37 Å². The Labute approximate surface area is 183 Å². The Hall–Kier alpha value is -4.06. The summed E-state index contributed by atoms with van der Waals surface area (Å²) < 4.78 is 14.3. The first kappa shape index (κ1) is 18.7. The van der Waals surface area contributed by atoms with Gasteiger partial charge in [0, 0.05) is 34.7 Å². The van der Waals surface area contributed by atoms with Crippen LogP contribution >= 0.6 is 0 Å². The van der Waals surface area contributed by atoms with Crippen LogP contribution in [0.3, 0.4) is 0 Å². The molecule has 0 aliphatic carbocycles. The molecule has 32 heavy (non-hydrogen) atoms. The Kier molecular flexibility index (Phi) is 4.24. The summed E-state index contributed by atoms with van der Waals surface area (Å²) in [7, 11) is 0. The smallest absolute Gasteiger partial charge is 0.273 e. The summed E-state index contributed by atoms with van der Waals surface area (Å²) in [6.07, 6.45) is 2.45. The van der Waals surface area contributed by atoms with E-state index in [1.165, 1.54) is 17.0 Å². The molecule has 6 rings (SSSR count). The molecule has 5 nitrogen and oxygen atoms in total. The highest BCUT2D eigenvalue weighted by atomic mass is 19.1. The number of rotatable bonds is 2. The molecule has 1 amide bonds. The molecule has 1 atom stereocenters. The number of pyridine rings is 2. The first-order valence-corrected chi connectivity index (χ1v) is 10.6. The fourth-order valence-electron chi connectivity index (χ4n) is 4.68. The van der Waals surface area contributed by atoms with Crippen molar-refractivity contribution in [2.24, 2.45) is 0 Å². The van der Waals surface area contributed by atoms with E-state index in [0.717, 1.165) is 23.3 Å². The van der Waals surface area contributed by atoms with Crippen LogP contribution in [0.4, 0.5) is 4.39 Å². The van der Waals surface area contributed by atoms with Crippen LogP contribution in [0.5, 0.6) is 0 Å². The van der Waals surface area contributed by atoms with Gasteiger partial charge in [0.1, 0.15) is 23.1 Å². The molecule has 3 aromatic heterocycles. The normalized spacial score (nSPS) is 15.8. The number of halogens is 1. The number of nitrogens with zero attached hydrogens (tertiary/aromatic N) is 3. The third kappa shape index (κ3) is 2.87. The Morgan fingerprint density at radius 1 is 1.00 bits per heavy atom. The number of H-pyrrole nitrogens is 1. The molecule has 0 saturated heterocycles. The van der Waals surface area contributed by atoms with Gasteiger partial charge in [0.25, 0.3) is 5.91 Å². The summed E-state index contributed by atoms with van der Waals surface area (Å²) in [5, 5.41) is 1.83. The first-order valence-electron chi connectivity index (χ1n) is 10.6. The molecular formula is C26H19FN4O. The number of amides is 1. The average Bonchev–Trinajstić information content (AvgIpc) is 3.22. The van der Waals surface area contributed by atoms with Gasteiger partial charge in [-0.15, -0.1) is 0 Å². The summed E-state index contributed by atoms with van der Waals surface area (Å²) in [4.78, 5) is 27.9. The van der Waals surface area contributed by atoms with Crippen molar-refractivity contribution in [1.82, 2.24) is 19.9 Å². The molecule has 1 aliphatic heterocycles. The lowest BCUT2D eigenvalue weighted by atomic mass is 9.94. The molecule has 2 aromatic carbocycles. The van der Waals surface area contributed by atoms with Crippen LogP contribution in [-0.2, 0) is 6.42 Å². The number of hydrogen-bond donors (Lipinski definition) is 1. The van der Waals surface area contributed by atoms with Crippen molar-refractivity contribution in [3.8, 4) is 0 Å². The van der Waals surface area contributed by atoms with E-state index in [1.54, 1.807) is 35.4 Å². The van der Waals surface area contributed by atoms with Gasteiger partial charge in [0.15, 0.2) is 0 Å². The molecule has 5 aromatic rings. The van der Waals surface area contributed by atoms with Gasteiger partial charge in [-0.2, -0.15) is 0 Å². The Morgan fingerprint density at radius 2 is 1.88 bits per heavy atom. The second kappa shape index (κ2) is 7.27. The van der Waals surface area contributed by atoms with Gasteiger partial charge in [0.2, 0.25) is 0 Å². The molecule has 0 fully saturated rings. The molecular weight excluding hydrogens is 403 g/mol. The van der Waals surface area contributed by atoms with Gasteiger partial charge in [-0.3, -0.25) is 9.78 Å². The van der Waals surface area contributed by atoms with Gasteiger partial charge >= 0.3 is 0 Å². The third-order valence-corrected chi connectivity index (χ3v) is 6.15. The van der Waals surface area contributed by atoms with Crippen LogP contribution in [0.1, 0.15) is 33.5 Å². The predicted molar refractivity (Wildman–Crippen MR) is 121 cm³/mol. The van der Waals surface area contributed by atoms with Crippen LogP contribution in [-0.4, -0.2) is 32.3 Å². The van der Waals surface area contributed by atoms with Gasteiger partial charge in [-0.05, 0) is 42.3 Å². The Bertz CT molecular complexity index is 1480. The van der Waals surface area contributed by atoms with Gasteiger partial charge in [-0.1, -0.05) is 42.5 Å². The summed E-state index contributed by atoms with van der Waals surface area (Å²) in [5.74, 6) is -0.676. The SMILES string of the molecule is O=C(c1ccc2cccc(F)c2n1)N1CCc2c([nH]c3ccccc23)[C@@H]1c1ccccn1. The third-order valence-electron chi connectivity index (χ3n) is 6.15. The van der Waals surface area contributed by atoms with Gasteiger partial charge < -0.3 is 9.88 Å². The molecule has 0 radical (unpaired) electrons. The molecule has 0 spiro atoms. The van der Waals surface area contributed by atoms with E-state index < -0.39 is 5.82 Å². The molecule has 1 N–H and O–H groups in total. The zero-order valence-corrected chi connectivity index (χ0v) is 17.1. The van der Waals surface area contributed by atoms with Gasteiger partial charge in [0.05, 0.1) is 5.69 Å². The van der Waals surface area contributed by atoms with Crippen molar-refractivity contribution in [2.45, 2.75) is 12.5 Å². The monoisotopic (exact) mass is 422 g/mol. The van der Waals surface area contributed by atoms with E-state index >= 15 is 0 Å². The van der Waals surface area contributed by atoms with E-state index in [-0.39, 0.29) is 23.2 Å². The maximum Gasteiger partial charge on any atom is 0.273 e. The average molecular weight is 422 g/mol. The number of aromatic nitrogens is 3. The zero-order valence-electron chi connectivity index (χ0n) is 17.1. The van der Waals surface area contributed by atoms with Crippen LogP contribution in [0, 0.1) is 5.82 Å². The van der Waals surface area contributed by atoms with E-state index in [1.807, 2.05) is 36.4 Å². The van der Waals surface area contributed by atoms with E-state index in [0.29, 0.717) is 11.9 Å². The second-order valence-corrected chi connectivity index (χ2v) is 7.98. The topological polar surface area (TPSA) is 61.9 Å². The lowest BCUT2D eigenvalue weighted by molar-refractivity contribution is 0.0683. The minimum atomic E-state index is -0.435. The van der Waals surface area contributed by atoms with Crippen molar-refractivity contribution in [3.63, 3.8) is 0 Å². The molecule has 0 unspecified atom stereocenters. The zero-order chi connectivity index (χ0) is 21.7. The van der Waals surface area contributed by atoms with Crippen molar-refractivity contribution < 1.29 is 9.18 Å². The van der Waals surface area contributed by atoms with Crippen LogP contribution in [0.25, 0.3) is 21.8 Å². The number of hydrogen-bond acceptors (Lipinski definition) is 3. The highest BCUT2D eigenvalue weighted by Gasteiger charge is 2.36. The molecule has 156 valence electrons. The molecule has 6 heteroatoms. The maximum absolute atomic E-state index is 14.3. The Morgan fingerprint density at radius 3 is 2.75 bits per heavy atom. The molecule has 4 heterocycles. The van der Waals surface area contributed by atoms with Crippen molar-refractivity contribution in [1.29, 1.82) is 0 Å². The standard InChI is InChI=1S/C26H19FN4O/c27-19-8-5-6-16-11-12-22(30-23(16)19)26(32)31-15-13-18-17-7-1-2-9-20(17)29-24(18)25(31)21-10-3-4-14-28-21/h1-12,14,25,29H,13,15H2/t25-/m0/s1. The summed E-state index contributed by atoms with van der Waals surface area (Å²) in [6, 6.07) is 21.7. The first-order chi connectivity index (χ1) is 15.7. The number of aromatic amines is 1. The maximum atomic E-state index is 14.3. The number of nitrogens with one attached hydrogen (secondary N) is 1. The van der Waals surface area contributed by atoms with E-state index in [4.69, 9.17) is 0 Å². The highest BCUT2D eigenvalue weighted by molar-refractivity contribution is 5.96. The summed E-state index contributed by atoms with van der Waals surface area (Å²) in [6.45, 7) is 0.520. The summed E-state index contributed by atoms with van der Waals surface area (Å²) in [5.41, 5.74) is 4.42. The van der Waals surface area contributed by atoms with Crippen LogP contribution in [0.15, 0.2) is 79.0 Å². The minimum Gasteiger partial charge on any atom is -0.356 e. The lowest BCUT2D eigenvalue weighted by Crippen LogP contribution is -2.41. The fourth-order valence-corrected chi connectivity index (χ4v) is 4.68. The highest BCUT2D eigenvalue weighted by Crippen LogP contribution is 2.38. The van der Waals surface area contributed by atoms with Crippen LogP contribution in [0.2, 0.25) is 0 Å². The number of para-hydroxylation sites is 2. The second-order valence-electron chi connectivity index (χ2n) is 7.98. The molecule has 0 saturated carbocycles. The van der Waals surface area contributed by atoms with Crippen LogP contribution < -0.4 is 0 Å². The lowest BCUT2D eigenvalue weighted by Gasteiger charge is -2.35. The number of carbonyl (C=O) groups excluding carboxylic acids is 1. The quantitative estimate of drug-likeness (QED) is 0.434. The summed E-state index contributed by atoms with van der Waals surface area (Å²) >= 11 is 0. The molecule has 0 bridgehead atoms. The van der Waals surface area contributed by atoms with E-state index in [2.05, 4.69) is 21.0 Å². The number of benzene rings is 2. The fraction of sp³-hybridized carbons (Fsp3) is 0.115. The Balaban J connectivity index is 1.49. The van der Waals surface area contributed by atoms with Crippen molar-refractivity contribution >= 4 is 27.7 Å².